The maximum atomic E-state index is 10.2. The Morgan fingerprint density at radius 3 is 2.44 bits per heavy atom. The molecule has 1 fully saturated rings. The van der Waals surface area contributed by atoms with Crippen LogP contribution in [0.3, 0.4) is 0 Å². The lowest BCUT2D eigenvalue weighted by atomic mass is 9.99. The average molecular weight is 238 g/mol. The summed E-state index contributed by atoms with van der Waals surface area (Å²) in [6.45, 7) is -1.21. The Hall–Kier alpha value is -0.770. The number of carbonyl (C=O) groups is 1. The Morgan fingerprint density at radius 2 is 1.94 bits per heavy atom. The first kappa shape index (κ1) is 13.3. The molecule has 1 rings (SSSR count). The first-order chi connectivity index (χ1) is 7.65. The van der Waals surface area contributed by atoms with Gasteiger partial charge in [0.15, 0.2) is 6.10 Å². The number of aliphatic hydroxyl groups excluding tert-OH is 4. The molecule has 0 saturated carbocycles. The molecule has 0 amide bonds. The summed E-state index contributed by atoms with van der Waals surface area (Å²) in [5.74, 6) is 0. The third-order valence-corrected chi connectivity index (χ3v) is 2.28. The van der Waals surface area contributed by atoms with Crippen LogP contribution in [0.15, 0.2) is 0 Å². The molecule has 1 heterocycles. The number of hydrogen-bond donors (Lipinski definition) is 4. The molecule has 0 bridgehead atoms. The van der Waals surface area contributed by atoms with Gasteiger partial charge in [0.1, 0.15) is 25.1 Å². The van der Waals surface area contributed by atoms with Gasteiger partial charge in [-0.25, -0.2) is 0 Å². The van der Waals surface area contributed by atoms with Crippen LogP contribution in [-0.4, -0.2) is 71.0 Å². The van der Waals surface area contributed by atoms with Gasteiger partial charge in [-0.05, 0) is 0 Å². The van der Waals surface area contributed by atoms with Crippen molar-refractivity contribution in [2.45, 2.75) is 30.7 Å². The summed E-state index contributed by atoms with van der Waals surface area (Å²) < 4.78 is 14.1. The van der Waals surface area contributed by atoms with E-state index in [1.54, 1.807) is 0 Å². The Labute approximate surface area is 91.0 Å². The number of ether oxygens (including phenoxy) is 3. The van der Waals surface area contributed by atoms with Gasteiger partial charge < -0.3 is 34.6 Å². The Balaban J connectivity index is 2.74. The van der Waals surface area contributed by atoms with Crippen LogP contribution in [0, 0.1) is 0 Å². The summed E-state index contributed by atoms with van der Waals surface area (Å²) in [6, 6.07) is 0. The average Bonchev–Trinajstić information content (AvgIpc) is 2.28. The summed E-state index contributed by atoms with van der Waals surface area (Å²) in [5, 5.41) is 36.5. The third-order valence-electron chi connectivity index (χ3n) is 2.28. The highest BCUT2D eigenvalue weighted by atomic mass is 16.7. The zero-order valence-electron chi connectivity index (χ0n) is 8.30. The van der Waals surface area contributed by atoms with E-state index in [4.69, 9.17) is 14.9 Å². The van der Waals surface area contributed by atoms with Crippen molar-refractivity contribution < 1.29 is 39.4 Å². The zero-order chi connectivity index (χ0) is 12.1. The number of aliphatic hydroxyl groups is 4. The highest BCUT2D eigenvalue weighted by Gasteiger charge is 2.46. The minimum Gasteiger partial charge on any atom is -0.435 e. The zero-order valence-corrected chi connectivity index (χ0v) is 8.30. The van der Waals surface area contributed by atoms with E-state index in [0.717, 1.165) is 0 Å². The molecule has 8 heteroatoms. The molecule has 0 aliphatic carbocycles. The standard InChI is InChI=1S/C8H14O8/c9-1-4-5(12)6(13)7(14-2-10)8(16-4)15-3-11/h3-10,12-13H,1-2H2. The van der Waals surface area contributed by atoms with Gasteiger partial charge in [-0.3, -0.25) is 4.79 Å². The molecule has 1 aliphatic rings. The second-order valence-electron chi connectivity index (χ2n) is 3.20. The van der Waals surface area contributed by atoms with Gasteiger partial charge in [0, 0.05) is 0 Å². The highest BCUT2D eigenvalue weighted by molar-refractivity contribution is 5.37. The maximum absolute atomic E-state index is 10.2. The minimum atomic E-state index is -1.44. The predicted octanol–water partition coefficient (Wildman–Crippen LogP) is -3.07. The van der Waals surface area contributed by atoms with Gasteiger partial charge in [0.25, 0.3) is 6.47 Å². The Bertz CT molecular complexity index is 222. The molecule has 0 spiro atoms. The van der Waals surface area contributed by atoms with Crippen molar-refractivity contribution in [2.75, 3.05) is 13.4 Å². The first-order valence-electron chi connectivity index (χ1n) is 4.59. The third kappa shape index (κ3) is 2.67. The molecule has 5 atom stereocenters. The topological polar surface area (TPSA) is 126 Å². The molecule has 0 aromatic carbocycles. The molecule has 1 saturated heterocycles. The molecule has 0 aromatic rings. The van der Waals surface area contributed by atoms with Crippen molar-refractivity contribution in [1.82, 2.24) is 0 Å². The van der Waals surface area contributed by atoms with E-state index in [0.29, 0.717) is 0 Å². The van der Waals surface area contributed by atoms with Gasteiger partial charge in [-0.15, -0.1) is 0 Å². The van der Waals surface area contributed by atoms with Crippen LogP contribution in [0.25, 0.3) is 0 Å². The molecule has 8 nitrogen and oxygen atoms in total. The smallest absolute Gasteiger partial charge is 0.295 e. The van der Waals surface area contributed by atoms with Crippen LogP contribution >= 0.6 is 0 Å². The van der Waals surface area contributed by atoms with Crippen LogP contribution in [-0.2, 0) is 19.0 Å². The van der Waals surface area contributed by atoms with Gasteiger partial charge in [0.05, 0.1) is 6.61 Å². The summed E-state index contributed by atoms with van der Waals surface area (Å²) in [5.41, 5.74) is 0. The van der Waals surface area contributed by atoms with E-state index >= 15 is 0 Å². The lowest BCUT2D eigenvalue weighted by Crippen LogP contribution is -2.60. The quantitative estimate of drug-likeness (QED) is 0.294. The number of rotatable bonds is 5. The summed E-state index contributed by atoms with van der Waals surface area (Å²) >= 11 is 0. The Morgan fingerprint density at radius 1 is 1.25 bits per heavy atom. The van der Waals surface area contributed by atoms with Crippen molar-refractivity contribution in [3.63, 3.8) is 0 Å². The van der Waals surface area contributed by atoms with E-state index in [-0.39, 0.29) is 6.47 Å². The van der Waals surface area contributed by atoms with Crippen LogP contribution in [0.5, 0.6) is 0 Å². The SMILES string of the molecule is O=COC1OC(CO)C(O)C(O)C1OCO. The predicted molar refractivity (Wildman–Crippen MR) is 46.9 cm³/mol. The molecule has 0 radical (unpaired) electrons. The van der Waals surface area contributed by atoms with Crippen molar-refractivity contribution in [3.05, 3.63) is 0 Å². The molecule has 5 unspecified atom stereocenters. The van der Waals surface area contributed by atoms with Crippen LogP contribution in [0.1, 0.15) is 0 Å². The normalized spacial score (nSPS) is 39.4. The Kier molecular flexibility index (Phi) is 5.06. The van der Waals surface area contributed by atoms with E-state index < -0.39 is 44.1 Å². The molecule has 4 N–H and O–H groups in total. The molecule has 1 aliphatic heterocycles. The fourth-order valence-corrected chi connectivity index (χ4v) is 1.48. The molecule has 0 aromatic heterocycles. The highest BCUT2D eigenvalue weighted by Crippen LogP contribution is 2.23. The largest absolute Gasteiger partial charge is 0.435 e. The van der Waals surface area contributed by atoms with Crippen molar-refractivity contribution in [1.29, 1.82) is 0 Å². The van der Waals surface area contributed by atoms with Gasteiger partial charge in [-0.2, -0.15) is 0 Å². The summed E-state index contributed by atoms with van der Waals surface area (Å²) in [4.78, 5) is 10.2. The van der Waals surface area contributed by atoms with E-state index in [9.17, 15) is 15.0 Å². The fraction of sp³-hybridized carbons (Fsp3) is 0.875. The minimum absolute atomic E-state index is 0.0806. The van der Waals surface area contributed by atoms with E-state index in [1.807, 2.05) is 0 Å². The lowest BCUT2D eigenvalue weighted by Gasteiger charge is -2.40. The van der Waals surface area contributed by atoms with E-state index in [1.165, 1.54) is 0 Å². The van der Waals surface area contributed by atoms with Crippen molar-refractivity contribution in [2.24, 2.45) is 0 Å². The number of hydrogen-bond acceptors (Lipinski definition) is 8. The summed E-state index contributed by atoms with van der Waals surface area (Å²) in [6.07, 6.45) is -6.43. The molecule has 16 heavy (non-hydrogen) atoms. The van der Waals surface area contributed by atoms with Crippen LogP contribution < -0.4 is 0 Å². The second-order valence-corrected chi connectivity index (χ2v) is 3.20. The van der Waals surface area contributed by atoms with Gasteiger partial charge in [-0.1, -0.05) is 0 Å². The van der Waals surface area contributed by atoms with Crippen molar-refractivity contribution >= 4 is 6.47 Å². The number of carbonyl (C=O) groups excluding carboxylic acids is 1. The maximum Gasteiger partial charge on any atom is 0.295 e. The fourth-order valence-electron chi connectivity index (χ4n) is 1.48. The van der Waals surface area contributed by atoms with Gasteiger partial charge in [0.2, 0.25) is 6.29 Å². The monoisotopic (exact) mass is 238 g/mol. The molecule has 94 valence electrons. The lowest BCUT2D eigenvalue weighted by molar-refractivity contribution is -0.305. The van der Waals surface area contributed by atoms with E-state index in [2.05, 4.69) is 9.47 Å². The van der Waals surface area contributed by atoms with Gasteiger partial charge >= 0.3 is 0 Å². The van der Waals surface area contributed by atoms with Crippen LogP contribution in [0.2, 0.25) is 0 Å². The summed E-state index contributed by atoms with van der Waals surface area (Å²) in [7, 11) is 0. The second kappa shape index (κ2) is 6.09. The van der Waals surface area contributed by atoms with Crippen molar-refractivity contribution in [3.8, 4) is 0 Å². The molecular weight excluding hydrogens is 224 g/mol. The van der Waals surface area contributed by atoms with Crippen LogP contribution in [0.4, 0.5) is 0 Å². The first-order valence-corrected chi connectivity index (χ1v) is 4.59. The molecular formula is C8H14O8.